The monoisotopic (exact) mass is 269 g/mol. The van der Waals surface area contributed by atoms with Gasteiger partial charge >= 0.3 is 6.09 Å². The van der Waals surface area contributed by atoms with E-state index in [0.717, 1.165) is 37.8 Å². The average molecular weight is 269 g/mol. The van der Waals surface area contributed by atoms with E-state index in [-0.39, 0.29) is 11.7 Å². The Hall–Kier alpha value is -0.730. The molecular weight excluding hydrogens is 238 g/mol. The zero-order chi connectivity index (χ0) is 14.5. The van der Waals surface area contributed by atoms with Crippen LogP contribution in [0.25, 0.3) is 0 Å². The molecule has 0 bridgehead atoms. The Kier molecular flexibility index (Phi) is 6.15. The first-order chi connectivity index (χ1) is 8.81. The Morgan fingerprint density at radius 3 is 2.37 bits per heavy atom. The highest BCUT2D eigenvalue weighted by Crippen LogP contribution is 2.26. The lowest BCUT2D eigenvalue weighted by Gasteiger charge is -2.34. The molecule has 0 aromatic carbocycles. The van der Waals surface area contributed by atoms with Crippen molar-refractivity contribution >= 4 is 6.09 Å². The Labute approximate surface area is 118 Å². The Bertz CT molecular complexity index is 275. The van der Waals surface area contributed by atoms with Gasteiger partial charge in [-0.3, -0.25) is 0 Å². The predicted octanol–water partition coefficient (Wildman–Crippen LogP) is 4.46. The van der Waals surface area contributed by atoms with Gasteiger partial charge in [0.1, 0.15) is 5.60 Å². The van der Waals surface area contributed by atoms with Crippen LogP contribution in [0.3, 0.4) is 0 Å². The van der Waals surface area contributed by atoms with Gasteiger partial charge in [-0.2, -0.15) is 0 Å². The minimum Gasteiger partial charge on any atom is -0.444 e. The van der Waals surface area contributed by atoms with Crippen LogP contribution < -0.4 is 0 Å². The van der Waals surface area contributed by atoms with Crippen LogP contribution in [0.1, 0.15) is 66.7 Å². The van der Waals surface area contributed by atoms with Crippen molar-refractivity contribution in [2.45, 2.75) is 72.3 Å². The molecule has 1 fully saturated rings. The van der Waals surface area contributed by atoms with Crippen molar-refractivity contribution in [3.05, 3.63) is 0 Å². The van der Waals surface area contributed by atoms with Crippen LogP contribution in [0, 0.1) is 11.8 Å². The number of amides is 1. The van der Waals surface area contributed by atoms with Gasteiger partial charge in [0.2, 0.25) is 0 Å². The summed E-state index contributed by atoms with van der Waals surface area (Å²) < 4.78 is 5.42. The summed E-state index contributed by atoms with van der Waals surface area (Å²) >= 11 is 0. The second-order valence-electron chi connectivity index (χ2n) is 7.04. The lowest BCUT2D eigenvalue weighted by Crippen LogP contribution is -2.41. The topological polar surface area (TPSA) is 29.5 Å². The second-order valence-corrected chi connectivity index (χ2v) is 7.04. The molecule has 19 heavy (non-hydrogen) atoms. The van der Waals surface area contributed by atoms with Crippen LogP contribution in [0.2, 0.25) is 0 Å². The van der Waals surface area contributed by atoms with E-state index in [1.165, 1.54) is 19.3 Å². The number of carbonyl (C=O) groups excluding carboxylic acids is 1. The highest BCUT2D eigenvalue weighted by molar-refractivity contribution is 5.68. The molecule has 3 nitrogen and oxygen atoms in total. The summed E-state index contributed by atoms with van der Waals surface area (Å²) in [6.45, 7) is 12.1. The van der Waals surface area contributed by atoms with Crippen LogP contribution >= 0.6 is 0 Å². The quantitative estimate of drug-likeness (QED) is 0.754. The van der Waals surface area contributed by atoms with Gasteiger partial charge in [-0.15, -0.1) is 0 Å². The van der Waals surface area contributed by atoms with Crippen molar-refractivity contribution in [2.24, 2.45) is 11.8 Å². The summed E-state index contributed by atoms with van der Waals surface area (Å²) in [6.07, 6.45) is 6.04. The summed E-state index contributed by atoms with van der Waals surface area (Å²) in [5.41, 5.74) is -0.385. The van der Waals surface area contributed by atoms with Crippen LogP contribution in [0.4, 0.5) is 4.79 Å². The zero-order valence-electron chi connectivity index (χ0n) is 13.4. The van der Waals surface area contributed by atoms with E-state index >= 15 is 0 Å². The Morgan fingerprint density at radius 2 is 1.89 bits per heavy atom. The largest absolute Gasteiger partial charge is 0.444 e. The summed E-state index contributed by atoms with van der Waals surface area (Å²) in [6, 6.07) is 0. The minimum atomic E-state index is -0.385. The number of carbonyl (C=O) groups is 1. The number of ether oxygens (including phenoxy) is 1. The number of rotatable bonds is 4. The first-order valence-corrected chi connectivity index (χ1v) is 7.79. The maximum absolute atomic E-state index is 11.9. The normalized spacial score (nSPS) is 19.3. The number of nitrogens with zero attached hydrogens (tertiary/aromatic N) is 1. The lowest BCUT2D eigenvalue weighted by atomic mass is 9.86. The van der Waals surface area contributed by atoms with Crippen LogP contribution in [-0.2, 0) is 4.74 Å². The van der Waals surface area contributed by atoms with Crippen molar-refractivity contribution in [3.8, 4) is 0 Å². The molecule has 1 saturated heterocycles. The van der Waals surface area contributed by atoms with Gasteiger partial charge in [0.25, 0.3) is 0 Å². The highest BCUT2D eigenvalue weighted by Gasteiger charge is 2.27. The van der Waals surface area contributed by atoms with E-state index in [1.807, 2.05) is 25.7 Å². The molecule has 0 N–H and O–H groups in total. The first kappa shape index (κ1) is 16.3. The maximum Gasteiger partial charge on any atom is 0.410 e. The van der Waals surface area contributed by atoms with Crippen LogP contribution in [0.15, 0.2) is 0 Å². The molecule has 0 aliphatic carbocycles. The predicted molar refractivity (Wildman–Crippen MR) is 79.2 cm³/mol. The van der Waals surface area contributed by atoms with E-state index < -0.39 is 0 Å². The van der Waals surface area contributed by atoms with Crippen molar-refractivity contribution in [3.63, 3.8) is 0 Å². The third-order valence-corrected chi connectivity index (χ3v) is 3.78. The van der Waals surface area contributed by atoms with Crippen molar-refractivity contribution < 1.29 is 9.53 Å². The van der Waals surface area contributed by atoms with Gasteiger partial charge in [0.05, 0.1) is 0 Å². The molecule has 112 valence electrons. The molecule has 0 radical (unpaired) electrons. The molecule has 1 aliphatic heterocycles. The highest BCUT2D eigenvalue weighted by atomic mass is 16.6. The fraction of sp³-hybridized carbons (Fsp3) is 0.938. The van der Waals surface area contributed by atoms with Crippen molar-refractivity contribution in [2.75, 3.05) is 13.1 Å². The molecule has 0 saturated carbocycles. The SMILES string of the molecule is CCCC(C)CC1CCN(C(=O)OC(C)(C)C)CC1. The molecule has 1 rings (SSSR count). The van der Waals surface area contributed by atoms with Crippen LogP contribution in [0.5, 0.6) is 0 Å². The van der Waals surface area contributed by atoms with Gasteiger partial charge in [0, 0.05) is 13.1 Å². The van der Waals surface area contributed by atoms with E-state index in [9.17, 15) is 4.79 Å². The Morgan fingerprint density at radius 1 is 1.32 bits per heavy atom. The number of hydrogen-bond acceptors (Lipinski definition) is 2. The van der Waals surface area contributed by atoms with E-state index in [0.29, 0.717) is 0 Å². The maximum atomic E-state index is 11.9. The van der Waals surface area contributed by atoms with Gasteiger partial charge in [0.15, 0.2) is 0 Å². The fourth-order valence-electron chi connectivity index (χ4n) is 2.86. The van der Waals surface area contributed by atoms with Gasteiger partial charge in [-0.1, -0.05) is 26.7 Å². The molecule has 1 unspecified atom stereocenters. The lowest BCUT2D eigenvalue weighted by molar-refractivity contribution is 0.0176. The third kappa shape index (κ3) is 6.31. The smallest absolute Gasteiger partial charge is 0.410 e. The number of hydrogen-bond donors (Lipinski definition) is 0. The zero-order valence-corrected chi connectivity index (χ0v) is 13.4. The average Bonchev–Trinajstić information content (AvgIpc) is 2.27. The molecule has 0 aromatic heterocycles. The fourth-order valence-corrected chi connectivity index (χ4v) is 2.86. The molecule has 1 heterocycles. The van der Waals surface area contributed by atoms with Gasteiger partial charge in [-0.05, 0) is 51.9 Å². The minimum absolute atomic E-state index is 0.146. The second kappa shape index (κ2) is 7.16. The summed E-state index contributed by atoms with van der Waals surface area (Å²) in [4.78, 5) is 13.8. The summed E-state index contributed by atoms with van der Waals surface area (Å²) in [7, 11) is 0. The first-order valence-electron chi connectivity index (χ1n) is 7.79. The molecule has 0 spiro atoms. The molecule has 1 atom stereocenters. The molecule has 1 aliphatic rings. The molecule has 0 aromatic rings. The molecular formula is C16H31NO2. The number of piperidine rings is 1. The van der Waals surface area contributed by atoms with E-state index in [2.05, 4.69) is 13.8 Å². The van der Waals surface area contributed by atoms with E-state index in [4.69, 9.17) is 4.74 Å². The standard InChI is InChI=1S/C16H31NO2/c1-6-7-13(2)12-14-8-10-17(11-9-14)15(18)19-16(3,4)5/h13-14H,6-12H2,1-5H3. The van der Waals surface area contributed by atoms with Crippen molar-refractivity contribution in [1.29, 1.82) is 0 Å². The molecule has 3 heteroatoms. The van der Waals surface area contributed by atoms with Gasteiger partial charge in [-0.25, -0.2) is 4.79 Å². The summed E-state index contributed by atoms with van der Waals surface area (Å²) in [5, 5.41) is 0. The van der Waals surface area contributed by atoms with Gasteiger partial charge < -0.3 is 9.64 Å². The van der Waals surface area contributed by atoms with Crippen LogP contribution in [-0.4, -0.2) is 29.7 Å². The number of likely N-dealkylation sites (tertiary alicyclic amines) is 1. The third-order valence-electron chi connectivity index (χ3n) is 3.78. The summed E-state index contributed by atoms with van der Waals surface area (Å²) in [5.74, 6) is 1.61. The molecule has 1 amide bonds. The van der Waals surface area contributed by atoms with Crippen molar-refractivity contribution in [1.82, 2.24) is 4.90 Å². The Balaban J connectivity index is 2.30. The van der Waals surface area contributed by atoms with E-state index in [1.54, 1.807) is 0 Å².